The maximum absolute atomic E-state index is 9.24. The van der Waals surface area contributed by atoms with Crippen LogP contribution in [0.3, 0.4) is 0 Å². The van der Waals surface area contributed by atoms with Gasteiger partial charge in [-0.05, 0) is 0 Å². The van der Waals surface area contributed by atoms with E-state index in [9.17, 15) is 5.11 Å². The summed E-state index contributed by atoms with van der Waals surface area (Å²) in [4.78, 5) is 8.31. The van der Waals surface area contributed by atoms with E-state index in [1.54, 1.807) is 13.2 Å². The number of rotatable bonds is 7. The molecule has 0 bridgehead atoms. The molecular formula is C9H16N4O3S. The van der Waals surface area contributed by atoms with Crippen molar-refractivity contribution in [3.63, 3.8) is 0 Å². The molecule has 0 saturated carbocycles. The van der Waals surface area contributed by atoms with Crippen molar-refractivity contribution >= 4 is 17.6 Å². The first-order chi connectivity index (χ1) is 8.19. The van der Waals surface area contributed by atoms with E-state index < -0.39 is 6.10 Å². The van der Waals surface area contributed by atoms with Crippen LogP contribution in [0.15, 0.2) is 11.1 Å². The Bertz CT molecular complexity index is 353. The highest BCUT2D eigenvalue weighted by molar-refractivity contribution is 7.99. The zero-order chi connectivity index (χ0) is 12.7. The number of aromatic nitrogens is 2. The Hall–Kier alpha value is -0.930. The lowest BCUT2D eigenvalue weighted by Gasteiger charge is -2.08. The van der Waals surface area contributed by atoms with E-state index in [4.69, 9.17) is 15.7 Å². The highest BCUT2D eigenvalue weighted by Gasteiger charge is 2.07. The van der Waals surface area contributed by atoms with Crippen LogP contribution in [0.5, 0.6) is 0 Å². The minimum absolute atomic E-state index is 0.273. The first kappa shape index (κ1) is 14.1. The lowest BCUT2D eigenvalue weighted by atomic mass is 10.4. The largest absolute Gasteiger partial charge is 0.394 e. The molecule has 0 aliphatic rings. The van der Waals surface area contributed by atoms with Gasteiger partial charge in [0.2, 0.25) is 0 Å². The standard InChI is InChI=1S/C9H16N4O3S/c1-16-4-8-11-7(13-10)2-9(12-8)17-5-6(15)3-14/h2,6,14-15H,3-5,10H2,1H3,(H,11,12,13). The van der Waals surface area contributed by atoms with Gasteiger partial charge in [-0.3, -0.25) is 0 Å². The number of ether oxygens (including phenoxy) is 1. The fourth-order valence-corrected chi connectivity index (χ4v) is 1.88. The fourth-order valence-electron chi connectivity index (χ4n) is 1.05. The first-order valence-electron chi connectivity index (χ1n) is 4.94. The Morgan fingerprint density at radius 3 is 2.94 bits per heavy atom. The monoisotopic (exact) mass is 260 g/mol. The molecule has 1 aromatic heterocycles. The minimum Gasteiger partial charge on any atom is -0.394 e. The Morgan fingerprint density at radius 2 is 2.35 bits per heavy atom. The van der Waals surface area contributed by atoms with Gasteiger partial charge in [-0.2, -0.15) is 0 Å². The molecule has 0 radical (unpaired) electrons. The second kappa shape index (κ2) is 7.41. The van der Waals surface area contributed by atoms with E-state index in [-0.39, 0.29) is 13.2 Å². The van der Waals surface area contributed by atoms with Crippen molar-refractivity contribution in [3.05, 3.63) is 11.9 Å². The smallest absolute Gasteiger partial charge is 0.157 e. The van der Waals surface area contributed by atoms with Crippen molar-refractivity contribution in [2.24, 2.45) is 5.84 Å². The zero-order valence-electron chi connectivity index (χ0n) is 9.46. The predicted molar refractivity (Wildman–Crippen MR) is 64.4 cm³/mol. The molecule has 0 aliphatic heterocycles. The van der Waals surface area contributed by atoms with Crippen molar-refractivity contribution < 1.29 is 14.9 Å². The Morgan fingerprint density at radius 1 is 1.59 bits per heavy atom. The lowest BCUT2D eigenvalue weighted by Crippen LogP contribution is -2.15. The Labute approximate surface area is 103 Å². The molecule has 8 heteroatoms. The van der Waals surface area contributed by atoms with Crippen molar-refractivity contribution in [1.82, 2.24) is 9.97 Å². The van der Waals surface area contributed by atoms with Crippen LogP contribution in [0.4, 0.5) is 5.82 Å². The number of anilines is 1. The number of hydrogen-bond acceptors (Lipinski definition) is 8. The van der Waals surface area contributed by atoms with Crippen molar-refractivity contribution in [3.8, 4) is 0 Å². The summed E-state index contributed by atoms with van der Waals surface area (Å²) in [6.07, 6.45) is -0.768. The van der Waals surface area contributed by atoms with Gasteiger partial charge in [0.1, 0.15) is 17.5 Å². The van der Waals surface area contributed by atoms with Crippen LogP contribution in [0.2, 0.25) is 0 Å². The molecule has 0 aliphatic carbocycles. The van der Waals surface area contributed by atoms with E-state index in [0.717, 1.165) is 0 Å². The summed E-state index contributed by atoms with van der Waals surface area (Å²) in [7, 11) is 1.55. The average molecular weight is 260 g/mol. The molecular weight excluding hydrogens is 244 g/mol. The number of nitrogen functional groups attached to an aromatic ring is 1. The van der Waals surface area contributed by atoms with Crippen molar-refractivity contribution in [1.29, 1.82) is 0 Å². The third kappa shape index (κ3) is 4.84. The SMILES string of the molecule is COCc1nc(NN)cc(SCC(O)CO)n1. The third-order valence-electron chi connectivity index (χ3n) is 1.80. The van der Waals surface area contributed by atoms with Gasteiger partial charge in [0.15, 0.2) is 5.82 Å². The maximum Gasteiger partial charge on any atom is 0.157 e. The van der Waals surface area contributed by atoms with Crippen LogP contribution in [0.1, 0.15) is 5.82 Å². The summed E-state index contributed by atoms with van der Waals surface area (Å²) in [5.41, 5.74) is 2.44. The van der Waals surface area contributed by atoms with Crippen LogP contribution in [-0.4, -0.2) is 45.8 Å². The Balaban J connectivity index is 2.72. The van der Waals surface area contributed by atoms with Gasteiger partial charge in [-0.25, -0.2) is 15.8 Å². The summed E-state index contributed by atoms with van der Waals surface area (Å²) in [5, 5.41) is 18.6. The van der Waals surface area contributed by atoms with Gasteiger partial charge >= 0.3 is 0 Å². The molecule has 0 fully saturated rings. The van der Waals surface area contributed by atoms with E-state index in [0.29, 0.717) is 22.4 Å². The molecule has 96 valence electrons. The van der Waals surface area contributed by atoms with E-state index in [1.807, 2.05) is 0 Å². The topological polar surface area (TPSA) is 114 Å². The molecule has 0 aromatic carbocycles. The van der Waals surface area contributed by atoms with Gasteiger partial charge in [0.25, 0.3) is 0 Å². The van der Waals surface area contributed by atoms with Crippen molar-refractivity contribution in [2.45, 2.75) is 17.7 Å². The molecule has 0 amide bonds. The van der Waals surface area contributed by atoms with E-state index in [1.165, 1.54) is 11.8 Å². The number of hydrazine groups is 1. The number of methoxy groups -OCH3 is 1. The summed E-state index contributed by atoms with van der Waals surface area (Å²) in [6.45, 7) is 0.0106. The lowest BCUT2D eigenvalue weighted by molar-refractivity contribution is 0.113. The quantitative estimate of drug-likeness (QED) is 0.221. The summed E-state index contributed by atoms with van der Waals surface area (Å²) < 4.78 is 4.94. The van der Waals surface area contributed by atoms with E-state index in [2.05, 4.69) is 15.4 Å². The molecule has 7 nitrogen and oxygen atoms in total. The number of aliphatic hydroxyl groups is 2. The van der Waals surface area contributed by atoms with E-state index >= 15 is 0 Å². The molecule has 5 N–H and O–H groups in total. The van der Waals surface area contributed by atoms with Gasteiger partial charge in [-0.15, -0.1) is 11.8 Å². The number of nitrogens with one attached hydrogen (secondary N) is 1. The maximum atomic E-state index is 9.24. The summed E-state index contributed by atoms with van der Waals surface area (Å²) in [5.74, 6) is 6.62. The van der Waals surface area contributed by atoms with Gasteiger partial charge in [0, 0.05) is 18.9 Å². The highest BCUT2D eigenvalue weighted by Crippen LogP contribution is 2.19. The summed E-state index contributed by atoms with van der Waals surface area (Å²) >= 11 is 1.31. The van der Waals surface area contributed by atoms with Crippen LogP contribution in [0, 0.1) is 0 Å². The number of thioether (sulfide) groups is 1. The van der Waals surface area contributed by atoms with Crippen LogP contribution in [0.25, 0.3) is 0 Å². The first-order valence-corrected chi connectivity index (χ1v) is 5.93. The van der Waals surface area contributed by atoms with Crippen LogP contribution in [-0.2, 0) is 11.3 Å². The van der Waals surface area contributed by atoms with Gasteiger partial charge in [-0.1, -0.05) is 0 Å². The second-order valence-electron chi connectivity index (χ2n) is 3.23. The number of nitrogens with zero attached hydrogens (tertiary/aromatic N) is 2. The van der Waals surface area contributed by atoms with Crippen LogP contribution < -0.4 is 11.3 Å². The summed E-state index contributed by atoms with van der Waals surface area (Å²) in [6, 6.07) is 1.66. The number of hydrogen-bond donors (Lipinski definition) is 4. The van der Waals surface area contributed by atoms with Gasteiger partial charge < -0.3 is 20.4 Å². The molecule has 17 heavy (non-hydrogen) atoms. The highest BCUT2D eigenvalue weighted by atomic mass is 32.2. The Kier molecular flexibility index (Phi) is 6.16. The second-order valence-corrected chi connectivity index (χ2v) is 4.27. The molecule has 1 aromatic rings. The molecule has 1 unspecified atom stereocenters. The molecule has 1 heterocycles. The fraction of sp³-hybridized carbons (Fsp3) is 0.556. The normalized spacial score (nSPS) is 12.5. The zero-order valence-corrected chi connectivity index (χ0v) is 10.3. The predicted octanol–water partition coefficient (Wildman–Crippen LogP) is -0.646. The molecule has 0 spiro atoms. The third-order valence-corrected chi connectivity index (χ3v) is 2.86. The molecule has 1 atom stereocenters. The van der Waals surface area contributed by atoms with Crippen molar-refractivity contribution in [2.75, 3.05) is 24.9 Å². The van der Waals surface area contributed by atoms with Gasteiger partial charge in [0.05, 0.1) is 12.7 Å². The molecule has 1 rings (SSSR count). The minimum atomic E-state index is -0.768. The average Bonchev–Trinajstić information content (AvgIpc) is 2.36. The number of nitrogens with two attached hydrogens (primary N) is 1. The van der Waals surface area contributed by atoms with Crippen LogP contribution >= 0.6 is 11.8 Å². The number of aliphatic hydroxyl groups excluding tert-OH is 2. The molecule has 0 saturated heterocycles.